The van der Waals surface area contributed by atoms with Gasteiger partial charge in [-0.05, 0) is 6.07 Å². The Kier molecular flexibility index (Phi) is 1.10. The maximum atomic E-state index is 8.47. The molecule has 2 rings (SSSR count). The summed E-state index contributed by atoms with van der Waals surface area (Å²) in [6.45, 7) is 0. The molecule has 4 heteroatoms. The largest absolute Gasteiger partial charge is 0.355 e. The van der Waals surface area contributed by atoms with Crippen LogP contribution in [0.2, 0.25) is 0 Å². The first kappa shape index (κ1) is 5.86. The van der Waals surface area contributed by atoms with Gasteiger partial charge in [-0.2, -0.15) is 5.26 Å². The first-order valence-electron chi connectivity index (χ1n) is 3.01. The Morgan fingerprint density at radius 2 is 2.36 bits per heavy atom. The van der Waals surface area contributed by atoms with Crippen LogP contribution in [0.15, 0.2) is 23.0 Å². The van der Waals surface area contributed by atoms with Crippen LogP contribution in [-0.2, 0) is 0 Å². The molecule has 2 aromatic rings. The van der Waals surface area contributed by atoms with Crippen LogP contribution in [-0.4, -0.2) is 10.1 Å². The quantitative estimate of drug-likeness (QED) is 0.556. The van der Waals surface area contributed by atoms with E-state index in [1.807, 2.05) is 6.07 Å². The standard InChI is InChI=1S/C7H3N3O/c8-2-6-1-5-3-10-11-7(5)4-9-6/h1,3-4H. The molecule has 0 unspecified atom stereocenters. The van der Waals surface area contributed by atoms with Crippen LogP contribution < -0.4 is 0 Å². The minimum Gasteiger partial charge on any atom is -0.355 e. The number of nitriles is 1. The third-order valence-corrected chi connectivity index (χ3v) is 1.36. The lowest BCUT2D eigenvalue weighted by Gasteiger charge is -1.84. The number of aromatic nitrogens is 2. The highest BCUT2D eigenvalue weighted by molar-refractivity contribution is 5.75. The van der Waals surface area contributed by atoms with Crippen LogP contribution in [0, 0.1) is 11.3 Å². The van der Waals surface area contributed by atoms with Crippen molar-refractivity contribution in [3.63, 3.8) is 0 Å². The van der Waals surface area contributed by atoms with Gasteiger partial charge in [0.25, 0.3) is 0 Å². The molecule has 0 fully saturated rings. The smallest absolute Gasteiger partial charge is 0.185 e. The van der Waals surface area contributed by atoms with Crippen molar-refractivity contribution in [3.8, 4) is 6.07 Å². The zero-order valence-electron chi connectivity index (χ0n) is 5.48. The van der Waals surface area contributed by atoms with Gasteiger partial charge in [-0.3, -0.25) is 0 Å². The van der Waals surface area contributed by atoms with E-state index in [-0.39, 0.29) is 0 Å². The molecule has 0 spiro atoms. The summed E-state index contributed by atoms with van der Waals surface area (Å²) >= 11 is 0. The van der Waals surface area contributed by atoms with E-state index in [1.165, 1.54) is 6.20 Å². The SMILES string of the molecule is N#Cc1cc2cnoc2cn1. The Morgan fingerprint density at radius 1 is 1.45 bits per heavy atom. The molecule has 2 aromatic heterocycles. The second-order valence-corrected chi connectivity index (χ2v) is 2.04. The van der Waals surface area contributed by atoms with E-state index in [9.17, 15) is 0 Å². The number of hydrogen-bond acceptors (Lipinski definition) is 4. The molecule has 4 nitrogen and oxygen atoms in total. The van der Waals surface area contributed by atoms with Gasteiger partial charge in [0.15, 0.2) is 5.58 Å². The van der Waals surface area contributed by atoms with Gasteiger partial charge in [-0.1, -0.05) is 5.16 Å². The Morgan fingerprint density at radius 3 is 3.18 bits per heavy atom. The normalized spacial score (nSPS) is 9.73. The van der Waals surface area contributed by atoms with E-state index in [0.29, 0.717) is 11.3 Å². The second kappa shape index (κ2) is 2.06. The topological polar surface area (TPSA) is 62.7 Å². The monoisotopic (exact) mass is 145 g/mol. The van der Waals surface area contributed by atoms with Crippen LogP contribution >= 0.6 is 0 Å². The Bertz CT molecular complexity index is 426. The highest BCUT2D eigenvalue weighted by atomic mass is 16.5. The molecular weight excluding hydrogens is 142 g/mol. The van der Waals surface area contributed by atoms with Crippen LogP contribution in [0.1, 0.15) is 5.69 Å². The van der Waals surface area contributed by atoms with E-state index in [1.54, 1.807) is 12.3 Å². The van der Waals surface area contributed by atoms with E-state index in [4.69, 9.17) is 9.78 Å². The first-order chi connectivity index (χ1) is 5.40. The summed E-state index contributed by atoms with van der Waals surface area (Å²) in [5.41, 5.74) is 0.977. The van der Waals surface area contributed by atoms with Gasteiger partial charge in [0, 0.05) is 5.39 Å². The molecule has 11 heavy (non-hydrogen) atoms. The van der Waals surface area contributed by atoms with Gasteiger partial charge < -0.3 is 4.52 Å². The highest BCUT2D eigenvalue weighted by Gasteiger charge is 1.99. The number of pyridine rings is 1. The van der Waals surface area contributed by atoms with Crippen LogP contribution in [0.4, 0.5) is 0 Å². The van der Waals surface area contributed by atoms with E-state index in [0.717, 1.165) is 5.39 Å². The zero-order chi connectivity index (χ0) is 7.68. The fourth-order valence-corrected chi connectivity index (χ4v) is 0.837. The van der Waals surface area contributed by atoms with Crippen LogP contribution in [0.25, 0.3) is 11.0 Å². The Labute approximate surface area is 62.1 Å². The molecule has 0 saturated carbocycles. The summed E-state index contributed by atoms with van der Waals surface area (Å²) in [5, 5.41) is 12.8. The fraction of sp³-hybridized carbons (Fsp3) is 0. The third kappa shape index (κ3) is 0.829. The van der Waals surface area contributed by atoms with Gasteiger partial charge in [0.05, 0.1) is 12.4 Å². The summed E-state index contributed by atoms with van der Waals surface area (Å²) in [7, 11) is 0. The van der Waals surface area contributed by atoms with Crippen molar-refractivity contribution in [1.29, 1.82) is 5.26 Å². The third-order valence-electron chi connectivity index (χ3n) is 1.36. The second-order valence-electron chi connectivity index (χ2n) is 2.04. The lowest BCUT2D eigenvalue weighted by molar-refractivity contribution is 0.455. The summed E-state index contributed by atoms with van der Waals surface area (Å²) in [5.74, 6) is 0. The van der Waals surface area contributed by atoms with Gasteiger partial charge in [0.1, 0.15) is 11.8 Å². The van der Waals surface area contributed by atoms with Crippen molar-refractivity contribution in [2.75, 3.05) is 0 Å². The highest BCUT2D eigenvalue weighted by Crippen LogP contribution is 2.11. The maximum Gasteiger partial charge on any atom is 0.185 e. The van der Waals surface area contributed by atoms with Gasteiger partial charge >= 0.3 is 0 Å². The maximum absolute atomic E-state index is 8.47. The molecular formula is C7H3N3O. The summed E-state index contributed by atoms with van der Waals surface area (Å²) in [4.78, 5) is 3.80. The molecule has 2 heterocycles. The zero-order valence-corrected chi connectivity index (χ0v) is 5.48. The lowest BCUT2D eigenvalue weighted by atomic mass is 10.3. The Balaban J connectivity index is 2.79. The van der Waals surface area contributed by atoms with Crippen molar-refractivity contribution in [2.24, 2.45) is 0 Å². The van der Waals surface area contributed by atoms with Gasteiger partial charge in [-0.15, -0.1) is 0 Å². The molecule has 0 aliphatic heterocycles. The number of hydrogen-bond donors (Lipinski definition) is 0. The summed E-state index contributed by atoms with van der Waals surface area (Å²) < 4.78 is 4.80. The molecule has 0 saturated heterocycles. The number of nitrogens with zero attached hydrogens (tertiary/aromatic N) is 3. The van der Waals surface area contributed by atoms with Gasteiger partial charge in [0.2, 0.25) is 0 Å². The fourth-order valence-electron chi connectivity index (χ4n) is 0.837. The van der Waals surface area contributed by atoms with Gasteiger partial charge in [-0.25, -0.2) is 4.98 Å². The van der Waals surface area contributed by atoms with Crippen molar-refractivity contribution < 1.29 is 4.52 Å². The molecule has 0 aliphatic carbocycles. The molecule has 0 aliphatic rings. The molecule has 52 valence electrons. The lowest BCUT2D eigenvalue weighted by Crippen LogP contribution is -1.78. The van der Waals surface area contributed by atoms with Crippen molar-refractivity contribution in [3.05, 3.63) is 24.2 Å². The van der Waals surface area contributed by atoms with Crippen LogP contribution in [0.3, 0.4) is 0 Å². The van der Waals surface area contributed by atoms with Crippen molar-refractivity contribution in [2.45, 2.75) is 0 Å². The molecule has 0 radical (unpaired) electrons. The predicted octanol–water partition coefficient (Wildman–Crippen LogP) is 1.09. The molecule has 0 amide bonds. The number of rotatable bonds is 0. The van der Waals surface area contributed by atoms with E-state index >= 15 is 0 Å². The minimum absolute atomic E-state index is 0.376. The summed E-state index contributed by atoms with van der Waals surface area (Å²) in [6, 6.07) is 3.56. The Hall–Kier alpha value is -1.89. The summed E-state index contributed by atoms with van der Waals surface area (Å²) in [6.07, 6.45) is 3.04. The first-order valence-corrected chi connectivity index (χ1v) is 3.01. The molecule has 0 atom stereocenters. The average Bonchev–Trinajstić information content (AvgIpc) is 2.50. The predicted molar refractivity (Wildman–Crippen MR) is 36.5 cm³/mol. The molecule has 0 aromatic carbocycles. The molecule has 0 N–H and O–H groups in total. The number of fused-ring (bicyclic) bond motifs is 1. The van der Waals surface area contributed by atoms with E-state index in [2.05, 4.69) is 10.1 Å². The average molecular weight is 145 g/mol. The van der Waals surface area contributed by atoms with Crippen LogP contribution in [0.5, 0.6) is 0 Å². The van der Waals surface area contributed by atoms with Crippen molar-refractivity contribution >= 4 is 11.0 Å². The molecule has 0 bridgehead atoms. The van der Waals surface area contributed by atoms with Crippen molar-refractivity contribution in [1.82, 2.24) is 10.1 Å². The van der Waals surface area contributed by atoms with E-state index < -0.39 is 0 Å². The minimum atomic E-state index is 0.376.